The zero-order valence-corrected chi connectivity index (χ0v) is 19.4. The van der Waals surface area contributed by atoms with E-state index >= 15 is 0 Å². The summed E-state index contributed by atoms with van der Waals surface area (Å²) in [7, 11) is 1.34. The SMILES string of the molecule is COC(=O)c1ccc(/C=C2\SC(=S)N(CCCCCCCCCCC(=O)O)C2=O)cc1. The summed E-state index contributed by atoms with van der Waals surface area (Å²) < 4.78 is 5.27. The van der Waals surface area contributed by atoms with Crippen molar-refractivity contribution in [2.24, 2.45) is 0 Å². The number of aliphatic carboxylic acids is 1. The number of carbonyl (C=O) groups excluding carboxylic acids is 2. The van der Waals surface area contributed by atoms with Gasteiger partial charge in [0.25, 0.3) is 5.91 Å². The number of benzene rings is 1. The number of rotatable bonds is 13. The molecular weight excluding hydrogens is 434 g/mol. The average molecular weight is 464 g/mol. The van der Waals surface area contributed by atoms with Crippen molar-refractivity contribution in [1.82, 2.24) is 4.90 Å². The van der Waals surface area contributed by atoms with Gasteiger partial charge in [-0.1, -0.05) is 74.6 Å². The fraction of sp³-hybridized carbons (Fsp3) is 0.478. The molecule has 31 heavy (non-hydrogen) atoms. The number of hydrogen-bond donors (Lipinski definition) is 1. The van der Waals surface area contributed by atoms with Gasteiger partial charge in [-0.3, -0.25) is 14.5 Å². The maximum atomic E-state index is 12.7. The van der Waals surface area contributed by atoms with E-state index in [9.17, 15) is 14.4 Å². The highest BCUT2D eigenvalue weighted by Crippen LogP contribution is 2.32. The topological polar surface area (TPSA) is 83.9 Å². The van der Waals surface area contributed by atoms with Crippen LogP contribution >= 0.6 is 24.0 Å². The summed E-state index contributed by atoms with van der Waals surface area (Å²) in [6.07, 6.45) is 10.2. The molecule has 2 rings (SSSR count). The third-order valence-electron chi connectivity index (χ3n) is 5.03. The van der Waals surface area contributed by atoms with Gasteiger partial charge in [-0.2, -0.15) is 0 Å². The average Bonchev–Trinajstić information content (AvgIpc) is 3.01. The Morgan fingerprint density at radius 1 is 1.03 bits per heavy atom. The molecule has 1 aromatic carbocycles. The van der Waals surface area contributed by atoms with Crippen LogP contribution in [0, 0.1) is 0 Å². The summed E-state index contributed by atoms with van der Waals surface area (Å²) in [4.78, 5) is 36.9. The minimum atomic E-state index is -0.720. The van der Waals surface area contributed by atoms with Crippen molar-refractivity contribution in [3.8, 4) is 0 Å². The molecule has 1 aliphatic heterocycles. The monoisotopic (exact) mass is 463 g/mol. The van der Waals surface area contributed by atoms with Gasteiger partial charge in [-0.15, -0.1) is 0 Å². The summed E-state index contributed by atoms with van der Waals surface area (Å²) in [6, 6.07) is 6.90. The maximum absolute atomic E-state index is 12.7. The molecule has 0 spiro atoms. The standard InChI is InChI=1S/C23H29NO5S2/c1-29-22(28)18-13-11-17(12-14-18)16-19-21(27)24(23(30)31-19)15-9-7-5-3-2-4-6-8-10-20(25)26/h11-14,16H,2-10,15H2,1H3,(H,25,26)/b19-16-. The van der Waals surface area contributed by atoms with Crippen LogP contribution in [0.5, 0.6) is 0 Å². The summed E-state index contributed by atoms with van der Waals surface area (Å²) in [6.45, 7) is 0.627. The van der Waals surface area contributed by atoms with E-state index in [-0.39, 0.29) is 12.3 Å². The quantitative estimate of drug-likeness (QED) is 0.185. The predicted molar refractivity (Wildman–Crippen MR) is 127 cm³/mol. The molecule has 1 fully saturated rings. The molecule has 6 nitrogen and oxygen atoms in total. The molecule has 0 radical (unpaired) electrons. The van der Waals surface area contributed by atoms with Crippen LogP contribution in [0.25, 0.3) is 6.08 Å². The summed E-state index contributed by atoms with van der Waals surface area (Å²) >= 11 is 6.69. The number of carboxylic acids is 1. The molecule has 1 aromatic rings. The van der Waals surface area contributed by atoms with Gasteiger partial charge in [0.2, 0.25) is 0 Å². The van der Waals surface area contributed by atoms with Crippen LogP contribution in [0.2, 0.25) is 0 Å². The second-order valence-electron chi connectivity index (χ2n) is 7.42. The normalized spacial score (nSPS) is 15.0. The number of thiocarbonyl (C=S) groups is 1. The van der Waals surface area contributed by atoms with Crippen molar-refractivity contribution < 1.29 is 24.2 Å². The van der Waals surface area contributed by atoms with Crippen LogP contribution in [0.15, 0.2) is 29.2 Å². The molecular formula is C23H29NO5S2. The lowest BCUT2D eigenvalue weighted by Crippen LogP contribution is -2.29. The number of thioether (sulfide) groups is 1. The first-order valence-electron chi connectivity index (χ1n) is 10.6. The van der Waals surface area contributed by atoms with Crippen molar-refractivity contribution in [3.05, 3.63) is 40.3 Å². The van der Waals surface area contributed by atoms with Crippen molar-refractivity contribution >= 4 is 52.2 Å². The Bertz CT molecular complexity index is 820. The molecule has 0 aromatic heterocycles. The fourth-order valence-electron chi connectivity index (χ4n) is 3.28. The highest BCUT2D eigenvalue weighted by molar-refractivity contribution is 8.26. The van der Waals surface area contributed by atoms with Crippen molar-refractivity contribution in [2.45, 2.75) is 57.8 Å². The molecule has 0 unspecified atom stereocenters. The molecule has 0 aliphatic carbocycles. The van der Waals surface area contributed by atoms with Crippen molar-refractivity contribution in [2.75, 3.05) is 13.7 Å². The Balaban J connectivity index is 1.70. The molecule has 0 atom stereocenters. The first-order valence-corrected chi connectivity index (χ1v) is 11.8. The number of amides is 1. The van der Waals surface area contributed by atoms with Crippen LogP contribution in [-0.4, -0.2) is 45.8 Å². The lowest BCUT2D eigenvalue weighted by atomic mass is 10.1. The summed E-state index contributed by atoms with van der Waals surface area (Å²) in [5, 5.41) is 8.61. The van der Waals surface area contributed by atoms with Gasteiger partial charge >= 0.3 is 11.9 Å². The smallest absolute Gasteiger partial charge is 0.337 e. The zero-order chi connectivity index (χ0) is 22.6. The van der Waals surface area contributed by atoms with E-state index in [2.05, 4.69) is 0 Å². The molecule has 1 aliphatic rings. The fourth-order valence-corrected chi connectivity index (χ4v) is 4.59. The molecule has 8 heteroatoms. The number of esters is 1. The molecule has 1 amide bonds. The molecule has 0 saturated carbocycles. The molecule has 168 valence electrons. The van der Waals surface area contributed by atoms with E-state index < -0.39 is 11.9 Å². The van der Waals surface area contributed by atoms with Gasteiger partial charge in [0, 0.05) is 13.0 Å². The van der Waals surface area contributed by atoms with E-state index in [0.717, 1.165) is 56.9 Å². The van der Waals surface area contributed by atoms with E-state index in [4.69, 9.17) is 22.1 Å². The lowest BCUT2D eigenvalue weighted by Gasteiger charge is -2.14. The Hall–Kier alpha value is -2.19. The van der Waals surface area contributed by atoms with Crippen LogP contribution in [0.4, 0.5) is 0 Å². The van der Waals surface area contributed by atoms with Gasteiger partial charge < -0.3 is 9.84 Å². The number of nitrogens with zero attached hydrogens (tertiary/aromatic N) is 1. The zero-order valence-electron chi connectivity index (χ0n) is 17.8. The second kappa shape index (κ2) is 13.3. The first-order chi connectivity index (χ1) is 14.9. The maximum Gasteiger partial charge on any atom is 0.337 e. The third-order valence-corrected chi connectivity index (χ3v) is 6.40. The Morgan fingerprint density at radius 3 is 2.19 bits per heavy atom. The van der Waals surface area contributed by atoms with E-state index in [1.54, 1.807) is 35.2 Å². The molecule has 1 saturated heterocycles. The Labute approximate surface area is 193 Å². The largest absolute Gasteiger partial charge is 0.481 e. The van der Waals surface area contributed by atoms with E-state index in [0.29, 0.717) is 21.3 Å². The van der Waals surface area contributed by atoms with Crippen LogP contribution < -0.4 is 0 Å². The van der Waals surface area contributed by atoms with Crippen molar-refractivity contribution in [3.63, 3.8) is 0 Å². The van der Waals surface area contributed by atoms with Crippen LogP contribution in [0.3, 0.4) is 0 Å². The van der Waals surface area contributed by atoms with E-state index in [1.165, 1.54) is 18.9 Å². The number of methoxy groups -OCH3 is 1. The summed E-state index contributed by atoms with van der Waals surface area (Å²) in [5.41, 5.74) is 1.30. The summed E-state index contributed by atoms with van der Waals surface area (Å²) in [5.74, 6) is -1.18. The van der Waals surface area contributed by atoms with Gasteiger partial charge in [-0.25, -0.2) is 4.79 Å². The predicted octanol–water partition coefficient (Wildman–Crippen LogP) is 5.27. The number of carboxylic acid groups (broad SMARTS) is 1. The van der Waals surface area contributed by atoms with Crippen molar-refractivity contribution in [1.29, 1.82) is 0 Å². The van der Waals surface area contributed by atoms with Crippen LogP contribution in [-0.2, 0) is 14.3 Å². The Morgan fingerprint density at radius 2 is 1.61 bits per heavy atom. The van der Waals surface area contributed by atoms with Gasteiger partial charge in [0.15, 0.2) is 0 Å². The third kappa shape index (κ3) is 8.45. The highest BCUT2D eigenvalue weighted by Gasteiger charge is 2.31. The lowest BCUT2D eigenvalue weighted by molar-refractivity contribution is -0.137. The highest BCUT2D eigenvalue weighted by atomic mass is 32.2. The minimum Gasteiger partial charge on any atom is -0.481 e. The first kappa shape index (κ1) is 25.1. The number of unbranched alkanes of at least 4 members (excludes halogenated alkanes) is 7. The van der Waals surface area contributed by atoms with Crippen LogP contribution in [0.1, 0.15) is 73.7 Å². The van der Waals surface area contributed by atoms with E-state index in [1.807, 2.05) is 0 Å². The Kier molecular flexibility index (Phi) is 10.7. The number of carbonyl (C=O) groups is 3. The molecule has 1 heterocycles. The second-order valence-corrected chi connectivity index (χ2v) is 9.09. The number of hydrogen-bond acceptors (Lipinski definition) is 6. The molecule has 1 N–H and O–H groups in total. The van der Waals surface area contributed by atoms with Gasteiger partial charge in [0.1, 0.15) is 4.32 Å². The molecule has 0 bridgehead atoms. The van der Waals surface area contributed by atoms with Gasteiger partial charge in [-0.05, 0) is 36.6 Å². The van der Waals surface area contributed by atoms with Gasteiger partial charge in [0.05, 0.1) is 17.6 Å². The minimum absolute atomic E-state index is 0.0644. The number of ether oxygens (including phenoxy) is 1.